The molecule has 0 aliphatic carbocycles. The summed E-state index contributed by atoms with van der Waals surface area (Å²) in [7, 11) is 0. The summed E-state index contributed by atoms with van der Waals surface area (Å²) < 4.78 is 0. The van der Waals surface area contributed by atoms with Gasteiger partial charge in [-0.25, -0.2) is 9.78 Å². The van der Waals surface area contributed by atoms with Gasteiger partial charge >= 0.3 is 5.97 Å². The van der Waals surface area contributed by atoms with E-state index in [4.69, 9.17) is 4.98 Å². The molecule has 2 N–H and O–H groups in total. The molecule has 3 aromatic rings. The number of anilines is 1. The maximum atomic E-state index is 11.7. The van der Waals surface area contributed by atoms with Gasteiger partial charge < -0.3 is 10.0 Å². The van der Waals surface area contributed by atoms with Gasteiger partial charge in [-0.15, -0.1) is 0 Å². The highest BCUT2D eigenvalue weighted by Gasteiger charge is 2.26. The Kier molecular flexibility index (Phi) is 4.32. The van der Waals surface area contributed by atoms with E-state index < -0.39 is 5.97 Å². The van der Waals surface area contributed by atoms with E-state index in [9.17, 15) is 9.90 Å². The molecule has 1 aliphatic rings. The van der Waals surface area contributed by atoms with Crippen LogP contribution in [0.5, 0.6) is 0 Å². The number of hydrogen-bond donors (Lipinski definition) is 2. The number of H-pyrrole nitrogens is 1. The maximum Gasteiger partial charge on any atom is 0.336 e. The molecular weight excluding hydrogens is 328 g/mol. The number of pyridine rings is 1. The third kappa shape index (κ3) is 2.92. The van der Waals surface area contributed by atoms with Crippen LogP contribution < -0.4 is 4.90 Å². The summed E-state index contributed by atoms with van der Waals surface area (Å²) in [6.45, 7) is 3.84. The van der Waals surface area contributed by atoms with Crippen LogP contribution in [0.4, 0.5) is 5.82 Å². The third-order valence-electron chi connectivity index (χ3n) is 5.22. The number of aryl methyl sites for hydroxylation is 1. The SMILES string of the molecule is CCc1cn[nH]c1[C@@H]1CCCN(c2cc(C(=O)O)c3ccccc3n2)C1. The molecular formula is C20H22N4O2. The first kappa shape index (κ1) is 16.6. The highest BCUT2D eigenvalue weighted by molar-refractivity contribution is 6.03. The quantitative estimate of drug-likeness (QED) is 0.751. The van der Waals surface area contributed by atoms with Crippen molar-refractivity contribution in [3.05, 3.63) is 53.3 Å². The summed E-state index contributed by atoms with van der Waals surface area (Å²) in [6.07, 6.45) is 5.01. The van der Waals surface area contributed by atoms with E-state index in [1.54, 1.807) is 6.07 Å². The average Bonchev–Trinajstić information content (AvgIpc) is 3.16. The van der Waals surface area contributed by atoms with Crippen LogP contribution in [-0.2, 0) is 6.42 Å². The Morgan fingerprint density at radius 3 is 3.04 bits per heavy atom. The van der Waals surface area contributed by atoms with Crippen LogP contribution in [0.1, 0.15) is 47.3 Å². The topological polar surface area (TPSA) is 82.1 Å². The number of piperidine rings is 1. The van der Waals surface area contributed by atoms with Crippen LogP contribution in [0.2, 0.25) is 0 Å². The molecule has 26 heavy (non-hydrogen) atoms. The smallest absolute Gasteiger partial charge is 0.336 e. The van der Waals surface area contributed by atoms with Gasteiger partial charge in [0.25, 0.3) is 0 Å². The Bertz CT molecular complexity index is 950. The van der Waals surface area contributed by atoms with Gasteiger partial charge in [-0.05, 0) is 37.0 Å². The van der Waals surface area contributed by atoms with Gasteiger partial charge in [-0.3, -0.25) is 5.10 Å². The molecule has 0 saturated carbocycles. The van der Waals surface area contributed by atoms with Gasteiger partial charge in [0.1, 0.15) is 5.82 Å². The molecule has 134 valence electrons. The molecule has 4 rings (SSSR count). The first-order valence-corrected chi connectivity index (χ1v) is 9.07. The fourth-order valence-electron chi connectivity index (χ4n) is 3.88. The lowest BCUT2D eigenvalue weighted by Gasteiger charge is -2.33. The molecule has 3 heterocycles. The van der Waals surface area contributed by atoms with Gasteiger partial charge in [-0.2, -0.15) is 5.10 Å². The number of fused-ring (bicyclic) bond motifs is 1. The number of hydrogen-bond acceptors (Lipinski definition) is 4. The fraction of sp³-hybridized carbons (Fsp3) is 0.350. The number of carboxylic acids is 1. The lowest BCUT2D eigenvalue weighted by molar-refractivity contribution is 0.0699. The molecule has 1 fully saturated rings. The Balaban J connectivity index is 1.70. The second-order valence-corrected chi connectivity index (χ2v) is 6.80. The van der Waals surface area contributed by atoms with Gasteiger partial charge in [0.05, 0.1) is 17.3 Å². The van der Waals surface area contributed by atoms with Crippen molar-refractivity contribution < 1.29 is 9.90 Å². The minimum absolute atomic E-state index is 0.309. The van der Waals surface area contributed by atoms with E-state index in [2.05, 4.69) is 22.0 Å². The molecule has 0 amide bonds. The summed E-state index contributed by atoms with van der Waals surface area (Å²) in [5.74, 6) is 0.186. The second-order valence-electron chi connectivity index (χ2n) is 6.80. The monoisotopic (exact) mass is 350 g/mol. The maximum absolute atomic E-state index is 11.7. The molecule has 2 aromatic heterocycles. The summed E-state index contributed by atoms with van der Waals surface area (Å²) >= 11 is 0. The van der Waals surface area contributed by atoms with Crippen LogP contribution in [-0.4, -0.2) is 39.3 Å². The van der Waals surface area contributed by atoms with Crippen molar-refractivity contribution in [1.29, 1.82) is 0 Å². The number of aromatic nitrogens is 3. The number of para-hydroxylation sites is 1. The summed E-state index contributed by atoms with van der Waals surface area (Å²) in [4.78, 5) is 18.7. The van der Waals surface area contributed by atoms with Crippen molar-refractivity contribution in [2.45, 2.75) is 32.1 Å². The van der Waals surface area contributed by atoms with Crippen molar-refractivity contribution in [2.24, 2.45) is 0 Å². The Labute approximate surface area is 151 Å². The molecule has 0 unspecified atom stereocenters. The number of benzene rings is 1. The lowest BCUT2D eigenvalue weighted by Crippen LogP contribution is -2.35. The average molecular weight is 350 g/mol. The van der Waals surface area contributed by atoms with Gasteiger partial charge in [0, 0.05) is 30.1 Å². The molecule has 1 saturated heterocycles. The number of aromatic amines is 1. The van der Waals surface area contributed by atoms with Crippen molar-refractivity contribution >= 4 is 22.7 Å². The van der Waals surface area contributed by atoms with Crippen LogP contribution in [0.25, 0.3) is 10.9 Å². The number of nitrogens with zero attached hydrogens (tertiary/aromatic N) is 3. The van der Waals surface area contributed by atoms with Crippen LogP contribution >= 0.6 is 0 Å². The first-order chi connectivity index (χ1) is 12.7. The molecule has 6 nitrogen and oxygen atoms in total. The highest BCUT2D eigenvalue weighted by atomic mass is 16.4. The lowest BCUT2D eigenvalue weighted by atomic mass is 9.92. The van der Waals surface area contributed by atoms with E-state index in [1.807, 2.05) is 30.5 Å². The predicted octanol–water partition coefficient (Wildman–Crippen LogP) is 3.60. The van der Waals surface area contributed by atoms with Crippen molar-refractivity contribution in [3.63, 3.8) is 0 Å². The summed E-state index contributed by atoms with van der Waals surface area (Å²) in [5, 5.41) is 17.7. The minimum Gasteiger partial charge on any atom is -0.478 e. The number of carboxylic acid groups (broad SMARTS) is 1. The van der Waals surface area contributed by atoms with Crippen molar-refractivity contribution in [3.8, 4) is 0 Å². The van der Waals surface area contributed by atoms with E-state index in [1.165, 1.54) is 11.3 Å². The molecule has 0 radical (unpaired) electrons. The highest BCUT2D eigenvalue weighted by Crippen LogP contribution is 2.31. The first-order valence-electron chi connectivity index (χ1n) is 9.07. The van der Waals surface area contributed by atoms with E-state index in [-0.39, 0.29) is 0 Å². The molecule has 1 aliphatic heterocycles. The Morgan fingerprint density at radius 1 is 1.38 bits per heavy atom. The standard InChI is InChI=1S/C20H22N4O2/c1-2-13-11-21-23-19(13)14-6-5-9-24(12-14)18-10-16(20(25)26)15-7-3-4-8-17(15)22-18/h3-4,7-8,10-11,14H,2,5-6,9,12H2,1H3,(H,21,23)(H,25,26)/t14-/m1/s1. The van der Waals surface area contributed by atoms with Crippen LogP contribution in [0, 0.1) is 0 Å². The Hall–Kier alpha value is -2.89. The summed E-state index contributed by atoms with van der Waals surface area (Å²) in [5.41, 5.74) is 3.50. The zero-order valence-corrected chi connectivity index (χ0v) is 14.8. The molecule has 1 aromatic carbocycles. The van der Waals surface area contributed by atoms with E-state index in [0.29, 0.717) is 16.9 Å². The number of aromatic carboxylic acids is 1. The predicted molar refractivity (Wildman–Crippen MR) is 101 cm³/mol. The van der Waals surface area contributed by atoms with E-state index >= 15 is 0 Å². The van der Waals surface area contributed by atoms with Gasteiger partial charge in [-0.1, -0.05) is 25.1 Å². The molecule has 6 heteroatoms. The fourth-order valence-corrected chi connectivity index (χ4v) is 3.88. The molecule has 0 bridgehead atoms. The largest absolute Gasteiger partial charge is 0.478 e. The molecule has 0 spiro atoms. The summed E-state index contributed by atoms with van der Waals surface area (Å²) in [6, 6.07) is 9.13. The third-order valence-corrected chi connectivity index (χ3v) is 5.22. The van der Waals surface area contributed by atoms with Gasteiger partial charge in [0.15, 0.2) is 0 Å². The number of carbonyl (C=O) groups is 1. The van der Waals surface area contributed by atoms with Crippen molar-refractivity contribution in [1.82, 2.24) is 15.2 Å². The zero-order chi connectivity index (χ0) is 18.1. The van der Waals surface area contributed by atoms with Gasteiger partial charge in [0.2, 0.25) is 0 Å². The number of rotatable bonds is 4. The molecule has 1 atom stereocenters. The normalized spacial score (nSPS) is 17.6. The second kappa shape index (κ2) is 6.78. The van der Waals surface area contributed by atoms with Crippen LogP contribution in [0.15, 0.2) is 36.5 Å². The Morgan fingerprint density at radius 2 is 2.23 bits per heavy atom. The van der Waals surface area contributed by atoms with Crippen molar-refractivity contribution in [2.75, 3.05) is 18.0 Å². The number of nitrogens with one attached hydrogen (secondary N) is 1. The van der Waals surface area contributed by atoms with E-state index in [0.717, 1.165) is 43.7 Å². The zero-order valence-electron chi connectivity index (χ0n) is 14.8. The van der Waals surface area contributed by atoms with Crippen LogP contribution in [0.3, 0.4) is 0 Å². The minimum atomic E-state index is -0.916.